The van der Waals surface area contributed by atoms with Gasteiger partial charge in [-0.2, -0.15) is 0 Å². The van der Waals surface area contributed by atoms with E-state index in [1.807, 2.05) is 62.4 Å². The molecule has 0 aliphatic heterocycles. The van der Waals surface area contributed by atoms with Gasteiger partial charge in [-0.25, -0.2) is 9.59 Å². The molecule has 0 spiro atoms. The van der Waals surface area contributed by atoms with Crippen LogP contribution in [0.1, 0.15) is 48.3 Å². The molecule has 10 N–H and O–H groups in total. The van der Waals surface area contributed by atoms with Crippen LogP contribution in [-0.2, 0) is 32.0 Å². The molecule has 0 aliphatic rings. The zero-order valence-electron chi connectivity index (χ0n) is 32.7. The number of ether oxygens (including phenoxy) is 2. The highest BCUT2D eigenvalue weighted by molar-refractivity contribution is 5.89. The largest absolute Gasteiger partial charge is 0.506 e. The van der Waals surface area contributed by atoms with Gasteiger partial charge >= 0.3 is 11.9 Å². The molecule has 4 aromatic carbocycles. The highest BCUT2D eigenvalue weighted by Crippen LogP contribution is 2.28. The van der Waals surface area contributed by atoms with Gasteiger partial charge in [0.05, 0.1) is 37.8 Å². The number of carbonyl (C=O) groups is 4. The maximum absolute atomic E-state index is 10.5. The fourth-order valence-corrected chi connectivity index (χ4v) is 5.26. The van der Waals surface area contributed by atoms with E-state index in [0.29, 0.717) is 49.2 Å². The van der Waals surface area contributed by atoms with E-state index < -0.39 is 24.1 Å². The molecule has 16 nitrogen and oxygen atoms in total. The number of aliphatic carboxylic acids is 2. The molecule has 16 heteroatoms. The summed E-state index contributed by atoms with van der Waals surface area (Å²) in [6.45, 7) is 4.82. The monoisotopic (exact) mass is 804 g/mol. The second kappa shape index (κ2) is 25.6. The molecule has 0 saturated carbocycles. The molecule has 0 bridgehead atoms. The standard InChI is InChI=1S/2C19H24N2O4.C4H4O4/c2*1-13(9-14-3-6-16(25-2)7-4-14)20-11-19(24)15-5-8-18(23)17(10-15)21-12-22;5-3(6)1-2-4(7)8/h2*3-8,10,12-13,19-20,23-24H,9,11H2,1-2H3,(H,21,22);1-2H,(H,5,6)(H,7,8)/b;;2-1+/t2*13-,19-;/m00./s1. The van der Waals surface area contributed by atoms with Gasteiger partial charge in [0, 0.05) is 37.3 Å². The highest BCUT2D eigenvalue weighted by atomic mass is 16.5. The summed E-state index contributed by atoms with van der Waals surface area (Å²) < 4.78 is 10.3. The van der Waals surface area contributed by atoms with E-state index in [4.69, 9.17) is 19.7 Å². The van der Waals surface area contributed by atoms with Gasteiger partial charge in [0.2, 0.25) is 12.8 Å². The SMILES string of the molecule is COc1ccc(C[C@H](C)NC[C@H](O)c2ccc(O)c(NC=O)c2)cc1.COc1ccc(C[C@H](C)NC[C@H](O)c2ccc(O)c(NC=O)c2)cc1.O=C(O)/C=C/C(=O)O. The van der Waals surface area contributed by atoms with Gasteiger partial charge in [-0.05, 0) is 97.5 Å². The summed E-state index contributed by atoms with van der Waals surface area (Å²) in [7, 11) is 3.28. The lowest BCUT2D eigenvalue weighted by atomic mass is 10.1. The van der Waals surface area contributed by atoms with Crippen LogP contribution in [0.15, 0.2) is 97.1 Å². The lowest BCUT2D eigenvalue weighted by Gasteiger charge is -2.18. The molecule has 4 rings (SSSR count). The third-order valence-electron chi connectivity index (χ3n) is 8.33. The van der Waals surface area contributed by atoms with Crippen molar-refractivity contribution in [1.82, 2.24) is 10.6 Å². The van der Waals surface area contributed by atoms with E-state index >= 15 is 0 Å². The lowest BCUT2D eigenvalue weighted by Crippen LogP contribution is -2.32. The molecule has 0 aromatic heterocycles. The number of amides is 2. The van der Waals surface area contributed by atoms with Gasteiger partial charge in [0.15, 0.2) is 0 Å². The van der Waals surface area contributed by atoms with Crippen molar-refractivity contribution >= 4 is 36.1 Å². The first-order valence-corrected chi connectivity index (χ1v) is 18.0. The molecule has 0 radical (unpaired) electrons. The van der Waals surface area contributed by atoms with E-state index in [0.717, 1.165) is 24.3 Å². The number of hydrogen-bond donors (Lipinski definition) is 10. The Labute approximate surface area is 336 Å². The van der Waals surface area contributed by atoms with E-state index in [9.17, 15) is 39.6 Å². The minimum absolute atomic E-state index is 0.0381. The van der Waals surface area contributed by atoms with Crippen molar-refractivity contribution in [2.75, 3.05) is 37.9 Å². The van der Waals surface area contributed by atoms with Crippen molar-refractivity contribution < 1.29 is 59.3 Å². The first-order valence-electron chi connectivity index (χ1n) is 18.0. The van der Waals surface area contributed by atoms with Crippen LogP contribution < -0.4 is 30.7 Å². The van der Waals surface area contributed by atoms with Gasteiger partial charge in [0.25, 0.3) is 0 Å². The van der Waals surface area contributed by atoms with Crippen LogP contribution in [0.3, 0.4) is 0 Å². The first kappa shape index (κ1) is 47.7. The molecular formula is C42H52N4O12. The second-order valence-corrected chi connectivity index (χ2v) is 12.8. The van der Waals surface area contributed by atoms with Gasteiger partial charge in [0.1, 0.15) is 23.0 Å². The number of rotatable bonds is 20. The number of carbonyl (C=O) groups excluding carboxylic acids is 2. The van der Waals surface area contributed by atoms with E-state index in [-0.39, 0.29) is 35.0 Å². The van der Waals surface area contributed by atoms with Gasteiger partial charge in [-0.1, -0.05) is 36.4 Å². The molecule has 58 heavy (non-hydrogen) atoms. The summed E-state index contributed by atoms with van der Waals surface area (Å²) in [6, 6.07) is 25.4. The minimum Gasteiger partial charge on any atom is -0.506 e. The number of phenolic OH excluding ortho intramolecular Hbond substituents is 2. The molecule has 0 unspecified atom stereocenters. The van der Waals surface area contributed by atoms with Crippen LogP contribution in [0, 0.1) is 0 Å². The van der Waals surface area contributed by atoms with E-state index in [1.165, 1.54) is 23.3 Å². The topological polar surface area (TPSA) is 256 Å². The average Bonchev–Trinajstić information content (AvgIpc) is 3.21. The van der Waals surface area contributed by atoms with Crippen LogP contribution in [0.5, 0.6) is 23.0 Å². The predicted molar refractivity (Wildman–Crippen MR) is 218 cm³/mol. The smallest absolute Gasteiger partial charge is 0.328 e. The zero-order valence-corrected chi connectivity index (χ0v) is 32.7. The van der Waals surface area contributed by atoms with Crippen molar-refractivity contribution in [3.05, 3.63) is 119 Å². The summed E-state index contributed by atoms with van der Waals surface area (Å²) in [5, 5.41) is 66.9. The number of carboxylic acid groups (broad SMARTS) is 2. The molecule has 4 atom stereocenters. The number of aliphatic hydroxyl groups is 2. The zero-order chi connectivity index (χ0) is 43.0. The number of benzene rings is 4. The Morgan fingerprint density at radius 3 is 1.24 bits per heavy atom. The molecule has 4 aromatic rings. The fraction of sp³-hybridized carbons (Fsp3) is 0.286. The Kier molecular flexibility index (Phi) is 21.1. The third-order valence-corrected chi connectivity index (χ3v) is 8.33. The average molecular weight is 805 g/mol. The van der Waals surface area contributed by atoms with Crippen molar-refractivity contribution in [2.45, 2.75) is 51.0 Å². The number of phenols is 2. The van der Waals surface area contributed by atoms with Gasteiger partial charge in [-0.3, -0.25) is 9.59 Å². The number of methoxy groups -OCH3 is 2. The summed E-state index contributed by atoms with van der Waals surface area (Å²) in [5.41, 5.74) is 4.14. The summed E-state index contributed by atoms with van der Waals surface area (Å²) in [4.78, 5) is 40.2. The van der Waals surface area contributed by atoms with Crippen LogP contribution in [-0.4, -0.2) is 94.8 Å². The number of hydrogen-bond acceptors (Lipinski definition) is 12. The highest BCUT2D eigenvalue weighted by Gasteiger charge is 2.14. The van der Waals surface area contributed by atoms with Crippen molar-refractivity contribution in [2.24, 2.45) is 0 Å². The Bertz CT molecular complexity index is 1770. The number of anilines is 2. The number of nitrogens with one attached hydrogen (secondary N) is 4. The third kappa shape index (κ3) is 18.0. The van der Waals surface area contributed by atoms with Crippen LogP contribution in [0.4, 0.5) is 11.4 Å². The summed E-state index contributed by atoms with van der Waals surface area (Å²) in [5.74, 6) is -0.939. The molecule has 0 fully saturated rings. The summed E-state index contributed by atoms with van der Waals surface area (Å²) >= 11 is 0. The van der Waals surface area contributed by atoms with Crippen LogP contribution >= 0.6 is 0 Å². The number of aromatic hydroxyl groups is 2. The Balaban J connectivity index is 0.000000337. The van der Waals surface area contributed by atoms with Gasteiger partial charge < -0.3 is 61.4 Å². The molecule has 0 heterocycles. The minimum atomic E-state index is -1.26. The fourth-order valence-electron chi connectivity index (χ4n) is 5.26. The predicted octanol–water partition coefficient (Wildman–Crippen LogP) is 4.16. The van der Waals surface area contributed by atoms with Crippen molar-refractivity contribution in [1.29, 1.82) is 0 Å². The Morgan fingerprint density at radius 1 is 0.603 bits per heavy atom. The first-order chi connectivity index (χ1) is 27.7. The number of aliphatic hydroxyl groups excluding tert-OH is 2. The van der Waals surface area contributed by atoms with Crippen LogP contribution in [0.2, 0.25) is 0 Å². The molecule has 0 aliphatic carbocycles. The quantitative estimate of drug-likeness (QED) is 0.0342. The maximum atomic E-state index is 10.5. The molecule has 312 valence electrons. The molecule has 2 amide bonds. The van der Waals surface area contributed by atoms with E-state index in [2.05, 4.69) is 21.3 Å². The van der Waals surface area contributed by atoms with Crippen LogP contribution in [0.25, 0.3) is 0 Å². The van der Waals surface area contributed by atoms with Crippen molar-refractivity contribution in [3.63, 3.8) is 0 Å². The summed E-state index contributed by atoms with van der Waals surface area (Å²) in [6.07, 6.45) is 2.25. The Hall–Kier alpha value is -6.46. The van der Waals surface area contributed by atoms with Crippen molar-refractivity contribution in [3.8, 4) is 23.0 Å². The maximum Gasteiger partial charge on any atom is 0.328 e. The van der Waals surface area contributed by atoms with E-state index in [1.54, 1.807) is 38.5 Å². The molecular weight excluding hydrogens is 752 g/mol. The molecule has 0 saturated heterocycles. The lowest BCUT2D eigenvalue weighted by molar-refractivity contribution is -0.134. The second-order valence-electron chi connectivity index (χ2n) is 12.8. The number of carboxylic acids is 2. The Morgan fingerprint density at radius 2 is 0.948 bits per heavy atom. The normalized spacial score (nSPS) is 12.6. The van der Waals surface area contributed by atoms with Gasteiger partial charge in [-0.15, -0.1) is 0 Å².